The van der Waals surface area contributed by atoms with Gasteiger partial charge in [-0.05, 0) is 37.4 Å². The summed E-state index contributed by atoms with van der Waals surface area (Å²) in [6.07, 6.45) is -1.16. The average Bonchev–Trinajstić information content (AvgIpc) is 3.44. The largest absolute Gasteiger partial charge is 0.444 e. The molecule has 0 radical (unpaired) electrons. The molecule has 0 aliphatic rings. The Morgan fingerprint density at radius 2 is 1.87 bits per heavy atom. The minimum Gasteiger partial charge on any atom is -0.444 e. The number of amides is 1. The molecule has 1 aromatic carbocycles. The van der Waals surface area contributed by atoms with Gasteiger partial charge in [-0.15, -0.1) is 11.3 Å². The van der Waals surface area contributed by atoms with Crippen LogP contribution in [0.2, 0.25) is 0 Å². The first-order chi connectivity index (χ1) is 15.0. The number of aryl methyl sites for hydroxylation is 2. The third kappa shape index (κ3) is 4.70. The number of pyridine rings is 1. The van der Waals surface area contributed by atoms with E-state index >= 15 is 0 Å². The van der Waals surface area contributed by atoms with Gasteiger partial charge < -0.3 is 14.6 Å². The normalized spacial score (nSPS) is 11.7. The molecule has 156 valence electrons. The van der Waals surface area contributed by atoms with E-state index in [-0.39, 0.29) is 5.82 Å². The van der Waals surface area contributed by atoms with Crippen LogP contribution in [0.5, 0.6) is 0 Å². The van der Waals surface area contributed by atoms with Crippen molar-refractivity contribution in [3.05, 3.63) is 88.6 Å². The number of rotatable bonds is 6. The number of thiophene rings is 1. The Morgan fingerprint density at radius 3 is 2.52 bits per heavy atom. The highest BCUT2D eigenvalue weighted by Gasteiger charge is 2.27. The van der Waals surface area contributed by atoms with Crippen molar-refractivity contribution in [2.24, 2.45) is 0 Å². The zero-order valence-corrected chi connectivity index (χ0v) is 17.7. The van der Waals surface area contributed by atoms with Gasteiger partial charge >= 0.3 is 5.97 Å². The van der Waals surface area contributed by atoms with Crippen molar-refractivity contribution in [3.8, 4) is 10.6 Å². The van der Waals surface area contributed by atoms with Crippen molar-refractivity contribution >= 4 is 29.0 Å². The molecule has 1 amide bonds. The van der Waals surface area contributed by atoms with E-state index in [9.17, 15) is 9.59 Å². The molecule has 0 bridgehead atoms. The number of anilines is 1. The van der Waals surface area contributed by atoms with Gasteiger partial charge in [0.1, 0.15) is 5.76 Å². The van der Waals surface area contributed by atoms with Crippen LogP contribution in [-0.2, 0) is 9.53 Å². The Kier molecular flexibility index (Phi) is 5.90. The van der Waals surface area contributed by atoms with Crippen LogP contribution < -0.4 is 5.32 Å². The molecule has 0 aliphatic carbocycles. The molecule has 0 spiro atoms. The van der Waals surface area contributed by atoms with E-state index in [0.29, 0.717) is 22.6 Å². The predicted molar refractivity (Wildman–Crippen MR) is 117 cm³/mol. The average molecular weight is 433 g/mol. The van der Waals surface area contributed by atoms with Crippen LogP contribution in [0.15, 0.2) is 70.6 Å². The summed E-state index contributed by atoms with van der Waals surface area (Å²) in [6.45, 7) is 3.45. The second-order valence-corrected chi connectivity index (χ2v) is 7.76. The maximum Gasteiger partial charge on any atom is 0.341 e. The Balaban J connectivity index is 1.58. The maximum absolute atomic E-state index is 12.9. The minimum absolute atomic E-state index is 0.248. The van der Waals surface area contributed by atoms with Gasteiger partial charge in [-0.1, -0.05) is 41.6 Å². The van der Waals surface area contributed by atoms with Gasteiger partial charge in [0, 0.05) is 11.6 Å². The second-order valence-electron chi connectivity index (χ2n) is 6.81. The molecule has 3 heterocycles. The minimum atomic E-state index is -1.16. The van der Waals surface area contributed by atoms with Crippen molar-refractivity contribution in [3.63, 3.8) is 0 Å². The topological polar surface area (TPSA) is 94.3 Å². The summed E-state index contributed by atoms with van der Waals surface area (Å²) in [5.41, 5.74) is 2.14. The highest BCUT2D eigenvalue weighted by Crippen LogP contribution is 2.26. The highest BCUT2D eigenvalue weighted by molar-refractivity contribution is 7.13. The number of carbonyl (C=O) groups is 2. The molecule has 0 saturated carbocycles. The summed E-state index contributed by atoms with van der Waals surface area (Å²) in [5, 5.41) is 8.35. The van der Waals surface area contributed by atoms with Gasteiger partial charge in [-0.2, -0.15) is 0 Å². The molecule has 7 nitrogen and oxygen atoms in total. The van der Waals surface area contributed by atoms with Gasteiger partial charge in [-0.3, -0.25) is 9.78 Å². The molecule has 4 aromatic rings. The lowest BCUT2D eigenvalue weighted by molar-refractivity contribution is -0.125. The van der Waals surface area contributed by atoms with E-state index < -0.39 is 18.0 Å². The second kappa shape index (κ2) is 8.93. The number of ether oxygens (including phenoxy) is 1. The van der Waals surface area contributed by atoms with Crippen molar-refractivity contribution in [1.29, 1.82) is 0 Å². The van der Waals surface area contributed by atoms with Crippen LogP contribution in [0.3, 0.4) is 0 Å². The van der Waals surface area contributed by atoms with Gasteiger partial charge in [-0.25, -0.2) is 4.79 Å². The smallest absolute Gasteiger partial charge is 0.341 e. The first kappa shape index (κ1) is 20.5. The fourth-order valence-electron chi connectivity index (χ4n) is 3.03. The molecule has 0 aliphatic heterocycles. The van der Waals surface area contributed by atoms with Crippen molar-refractivity contribution in [2.45, 2.75) is 20.0 Å². The van der Waals surface area contributed by atoms with E-state index in [0.717, 1.165) is 10.6 Å². The van der Waals surface area contributed by atoms with Gasteiger partial charge in [0.25, 0.3) is 5.91 Å². The maximum atomic E-state index is 12.9. The number of nitrogens with one attached hydrogen (secondary N) is 1. The van der Waals surface area contributed by atoms with Crippen molar-refractivity contribution < 1.29 is 18.8 Å². The number of aromatic nitrogens is 2. The molecule has 8 heteroatoms. The third-order valence-corrected chi connectivity index (χ3v) is 5.42. The number of nitrogens with zero attached hydrogens (tertiary/aromatic N) is 2. The van der Waals surface area contributed by atoms with Crippen LogP contribution >= 0.6 is 11.3 Å². The van der Waals surface area contributed by atoms with E-state index in [1.165, 1.54) is 0 Å². The summed E-state index contributed by atoms with van der Waals surface area (Å²) < 4.78 is 10.6. The number of hydrogen-bond acceptors (Lipinski definition) is 7. The summed E-state index contributed by atoms with van der Waals surface area (Å²) in [4.78, 5) is 31.4. The number of benzene rings is 1. The number of esters is 1. The lowest BCUT2D eigenvalue weighted by Crippen LogP contribution is -2.26. The number of hydrogen-bond donors (Lipinski definition) is 1. The molecule has 3 aromatic heterocycles. The predicted octanol–water partition coefficient (Wildman–Crippen LogP) is 4.95. The van der Waals surface area contributed by atoms with Gasteiger partial charge in [0.2, 0.25) is 6.10 Å². The van der Waals surface area contributed by atoms with Crippen LogP contribution in [0.1, 0.15) is 33.5 Å². The van der Waals surface area contributed by atoms with Crippen LogP contribution in [0.4, 0.5) is 5.82 Å². The molecule has 1 N–H and O–H groups in total. The molecule has 0 saturated heterocycles. The number of carbonyl (C=O) groups excluding carboxylic acids is 2. The highest BCUT2D eigenvalue weighted by atomic mass is 32.1. The third-order valence-electron chi connectivity index (χ3n) is 4.52. The van der Waals surface area contributed by atoms with Gasteiger partial charge in [0.15, 0.2) is 5.82 Å². The molecule has 1 unspecified atom stereocenters. The lowest BCUT2D eigenvalue weighted by Gasteiger charge is -2.18. The molecule has 31 heavy (non-hydrogen) atoms. The zero-order valence-electron chi connectivity index (χ0n) is 16.9. The molecule has 4 rings (SSSR count). The molecule has 0 fully saturated rings. The molecular formula is C23H19N3O4S. The monoisotopic (exact) mass is 433 g/mol. The van der Waals surface area contributed by atoms with Crippen molar-refractivity contribution in [1.82, 2.24) is 10.1 Å². The Morgan fingerprint density at radius 1 is 1.06 bits per heavy atom. The van der Waals surface area contributed by atoms with Crippen LogP contribution in [0.25, 0.3) is 10.6 Å². The molecular weight excluding hydrogens is 414 g/mol. The zero-order chi connectivity index (χ0) is 21.8. The fourth-order valence-corrected chi connectivity index (χ4v) is 3.72. The Bertz CT molecular complexity index is 1200. The van der Waals surface area contributed by atoms with E-state index in [1.807, 2.05) is 23.6 Å². The fraction of sp³-hybridized carbons (Fsp3) is 0.130. The Hall–Kier alpha value is -3.78. The molecule has 1 atom stereocenters. The summed E-state index contributed by atoms with van der Waals surface area (Å²) in [6, 6.07) is 17.7. The van der Waals surface area contributed by atoms with E-state index in [2.05, 4.69) is 15.5 Å². The van der Waals surface area contributed by atoms with Crippen molar-refractivity contribution in [2.75, 3.05) is 5.32 Å². The SMILES string of the molecule is Cc1cc(NC(=O)C(OC(=O)c2ccc(-c3cccs3)nc2C)c2ccccc2)no1. The van der Waals surface area contributed by atoms with Crippen LogP contribution in [-0.4, -0.2) is 22.0 Å². The summed E-state index contributed by atoms with van der Waals surface area (Å²) in [7, 11) is 0. The van der Waals surface area contributed by atoms with E-state index in [4.69, 9.17) is 9.26 Å². The summed E-state index contributed by atoms with van der Waals surface area (Å²) >= 11 is 1.57. The lowest BCUT2D eigenvalue weighted by atomic mass is 10.1. The Labute approximate surface area is 182 Å². The summed E-state index contributed by atoms with van der Waals surface area (Å²) in [5.74, 6) is -0.370. The standard InChI is InChI=1S/C23H19N3O4S/c1-14-13-20(26-30-14)25-22(27)21(16-7-4-3-5-8-16)29-23(28)17-10-11-18(24-15(17)2)19-9-6-12-31-19/h3-13,21H,1-2H3,(H,25,26,27). The first-order valence-electron chi connectivity index (χ1n) is 9.53. The first-order valence-corrected chi connectivity index (χ1v) is 10.4. The van der Waals surface area contributed by atoms with Gasteiger partial charge in [0.05, 0.1) is 21.8 Å². The van der Waals surface area contributed by atoms with E-state index in [1.54, 1.807) is 67.6 Å². The van der Waals surface area contributed by atoms with Crippen LogP contribution in [0, 0.1) is 13.8 Å². The quantitative estimate of drug-likeness (QED) is 0.432.